The van der Waals surface area contributed by atoms with E-state index in [-0.39, 0.29) is 12.2 Å². The number of hydrogen-bond acceptors (Lipinski definition) is 6. The molecule has 0 unspecified atom stereocenters. The van der Waals surface area contributed by atoms with Crippen LogP contribution in [0.1, 0.15) is 77.0 Å². The maximum atomic E-state index is 11.6. The van der Waals surface area contributed by atoms with Gasteiger partial charge < -0.3 is 9.47 Å². The molecule has 2 heterocycles. The van der Waals surface area contributed by atoms with Crippen molar-refractivity contribution in [1.29, 1.82) is 0 Å². The van der Waals surface area contributed by atoms with Gasteiger partial charge in [-0.2, -0.15) is 0 Å². The van der Waals surface area contributed by atoms with Crippen LogP contribution in [0.4, 0.5) is 9.59 Å². The molecule has 2 aromatic heterocycles. The Bertz CT molecular complexity index is 626. The smallest absolute Gasteiger partial charge is 0.419 e. The first-order valence-corrected chi connectivity index (χ1v) is 11.1. The van der Waals surface area contributed by atoms with E-state index in [0.717, 1.165) is 25.7 Å². The molecule has 0 N–H and O–H groups in total. The van der Waals surface area contributed by atoms with Gasteiger partial charge in [0.25, 0.3) is 0 Å². The summed E-state index contributed by atoms with van der Waals surface area (Å²) in [4.78, 5) is 30.8. The molecular weight excluding hydrogens is 384 g/mol. The largest absolute Gasteiger partial charge is 0.449 e. The lowest BCUT2D eigenvalue weighted by Gasteiger charge is -2.05. The van der Waals surface area contributed by atoms with Crippen LogP contribution < -0.4 is 0 Å². The minimum atomic E-state index is -0.358. The molecule has 0 saturated heterocycles. The summed E-state index contributed by atoms with van der Waals surface area (Å²) in [5.74, 6) is 0. The third kappa shape index (κ3) is 10.2. The number of imidazole rings is 2. The molecule has 2 aromatic rings. The van der Waals surface area contributed by atoms with Crippen molar-refractivity contribution in [3.8, 4) is 0 Å². The molecule has 0 aliphatic rings. The van der Waals surface area contributed by atoms with Crippen molar-refractivity contribution in [2.45, 2.75) is 77.0 Å². The number of carbonyl (C=O) groups excluding carboxylic acids is 2. The SMILES string of the molecule is O=C(OCCCCCCCCCCCCCCOC(=O)n1ccnc1)n1ccnc1. The van der Waals surface area contributed by atoms with Gasteiger partial charge in [-0.15, -0.1) is 0 Å². The van der Waals surface area contributed by atoms with E-state index >= 15 is 0 Å². The van der Waals surface area contributed by atoms with E-state index in [1.807, 2.05) is 0 Å². The van der Waals surface area contributed by atoms with Crippen LogP contribution >= 0.6 is 0 Å². The number of nitrogens with zero attached hydrogens (tertiary/aromatic N) is 4. The predicted octanol–water partition coefficient (Wildman–Crippen LogP) is 5.43. The fourth-order valence-corrected chi connectivity index (χ4v) is 3.17. The van der Waals surface area contributed by atoms with E-state index in [4.69, 9.17) is 9.47 Å². The standard InChI is InChI=1S/C22H34N4O4/c27-21(25-15-13-23-19-25)29-17-11-9-7-5-3-1-2-4-6-8-10-12-18-30-22(28)26-16-14-24-20-26/h13-16,19-20H,1-12,17-18H2. The Kier molecular flexibility index (Phi) is 12.0. The van der Waals surface area contributed by atoms with Crippen molar-refractivity contribution >= 4 is 12.2 Å². The lowest BCUT2D eigenvalue weighted by Crippen LogP contribution is -2.12. The molecular formula is C22H34N4O4. The average Bonchev–Trinajstić information content (AvgIpc) is 3.47. The summed E-state index contributed by atoms with van der Waals surface area (Å²) < 4.78 is 13.0. The van der Waals surface area contributed by atoms with Crippen LogP contribution in [-0.4, -0.2) is 44.5 Å². The zero-order chi connectivity index (χ0) is 21.3. The average molecular weight is 419 g/mol. The van der Waals surface area contributed by atoms with Crippen LogP contribution in [-0.2, 0) is 9.47 Å². The fraction of sp³-hybridized carbons (Fsp3) is 0.636. The van der Waals surface area contributed by atoms with E-state index in [0.29, 0.717) is 13.2 Å². The van der Waals surface area contributed by atoms with Crippen LogP contribution in [0.3, 0.4) is 0 Å². The van der Waals surface area contributed by atoms with Gasteiger partial charge in [-0.25, -0.2) is 28.7 Å². The van der Waals surface area contributed by atoms with Gasteiger partial charge in [-0.1, -0.05) is 64.2 Å². The second-order valence-electron chi connectivity index (χ2n) is 7.41. The van der Waals surface area contributed by atoms with E-state index in [1.165, 1.54) is 73.2 Å². The molecule has 166 valence electrons. The molecule has 0 bridgehead atoms. The number of unbranched alkanes of at least 4 members (excludes halogenated alkanes) is 11. The first-order valence-electron chi connectivity index (χ1n) is 11.1. The van der Waals surface area contributed by atoms with Crippen LogP contribution in [0.15, 0.2) is 37.4 Å². The first-order chi connectivity index (χ1) is 14.8. The molecule has 8 heteroatoms. The lowest BCUT2D eigenvalue weighted by molar-refractivity contribution is 0.144. The third-order valence-electron chi connectivity index (χ3n) is 4.92. The minimum Gasteiger partial charge on any atom is -0.449 e. The first kappa shape index (κ1) is 23.6. The molecule has 30 heavy (non-hydrogen) atoms. The number of hydrogen-bond donors (Lipinski definition) is 0. The van der Waals surface area contributed by atoms with Gasteiger partial charge >= 0.3 is 12.2 Å². The molecule has 0 spiro atoms. The van der Waals surface area contributed by atoms with Crippen LogP contribution in [0, 0.1) is 0 Å². The zero-order valence-electron chi connectivity index (χ0n) is 17.8. The van der Waals surface area contributed by atoms with Crippen molar-refractivity contribution in [3.05, 3.63) is 37.4 Å². The second-order valence-corrected chi connectivity index (χ2v) is 7.41. The van der Waals surface area contributed by atoms with Gasteiger partial charge in [0, 0.05) is 24.8 Å². The summed E-state index contributed by atoms with van der Waals surface area (Å²) >= 11 is 0. The fourth-order valence-electron chi connectivity index (χ4n) is 3.17. The Balaban J connectivity index is 1.26. The third-order valence-corrected chi connectivity index (χ3v) is 4.92. The topological polar surface area (TPSA) is 88.2 Å². The van der Waals surface area contributed by atoms with Crippen LogP contribution in [0.2, 0.25) is 0 Å². The van der Waals surface area contributed by atoms with Gasteiger partial charge in [0.2, 0.25) is 0 Å². The summed E-state index contributed by atoms with van der Waals surface area (Å²) in [6.45, 7) is 0.944. The summed E-state index contributed by atoms with van der Waals surface area (Å²) in [6, 6.07) is 0. The Hall–Kier alpha value is -2.64. The quantitative estimate of drug-likeness (QED) is 0.358. The Morgan fingerprint density at radius 1 is 0.567 bits per heavy atom. The monoisotopic (exact) mass is 418 g/mol. The molecule has 0 amide bonds. The van der Waals surface area contributed by atoms with Gasteiger partial charge in [-0.05, 0) is 12.8 Å². The molecule has 0 radical (unpaired) electrons. The Morgan fingerprint density at radius 2 is 0.900 bits per heavy atom. The number of rotatable bonds is 15. The van der Waals surface area contributed by atoms with E-state index in [1.54, 1.807) is 24.8 Å². The summed E-state index contributed by atoms with van der Waals surface area (Å²) in [6.07, 6.45) is 22.5. The highest BCUT2D eigenvalue weighted by molar-refractivity contribution is 5.70. The molecule has 0 aliphatic heterocycles. The van der Waals surface area contributed by atoms with E-state index < -0.39 is 0 Å². The van der Waals surface area contributed by atoms with Gasteiger partial charge in [0.05, 0.1) is 13.2 Å². The molecule has 8 nitrogen and oxygen atoms in total. The van der Waals surface area contributed by atoms with E-state index in [2.05, 4.69) is 9.97 Å². The highest BCUT2D eigenvalue weighted by atomic mass is 16.6. The Labute approximate surface area is 178 Å². The predicted molar refractivity (Wildman–Crippen MR) is 113 cm³/mol. The van der Waals surface area contributed by atoms with Crippen LogP contribution in [0.5, 0.6) is 0 Å². The second kappa shape index (κ2) is 15.2. The maximum Gasteiger partial charge on any atom is 0.419 e. The molecule has 0 atom stereocenters. The molecule has 0 aliphatic carbocycles. The normalized spacial score (nSPS) is 10.8. The van der Waals surface area contributed by atoms with Crippen molar-refractivity contribution in [2.75, 3.05) is 13.2 Å². The van der Waals surface area contributed by atoms with Gasteiger partial charge in [-0.3, -0.25) is 0 Å². The lowest BCUT2D eigenvalue weighted by atomic mass is 10.1. The number of carbonyl (C=O) groups is 2. The van der Waals surface area contributed by atoms with Gasteiger partial charge in [0.1, 0.15) is 12.7 Å². The summed E-state index contributed by atoms with van der Waals surface area (Å²) in [7, 11) is 0. The zero-order valence-corrected chi connectivity index (χ0v) is 17.8. The van der Waals surface area contributed by atoms with E-state index in [9.17, 15) is 9.59 Å². The molecule has 0 aromatic carbocycles. The molecule has 0 fully saturated rings. The highest BCUT2D eigenvalue weighted by Gasteiger charge is 2.04. The van der Waals surface area contributed by atoms with Gasteiger partial charge in [0.15, 0.2) is 0 Å². The highest BCUT2D eigenvalue weighted by Crippen LogP contribution is 2.12. The number of ether oxygens (including phenoxy) is 2. The summed E-state index contributed by atoms with van der Waals surface area (Å²) in [5, 5.41) is 0. The van der Waals surface area contributed by atoms with Crippen LogP contribution in [0.25, 0.3) is 0 Å². The maximum absolute atomic E-state index is 11.6. The van der Waals surface area contributed by atoms with Crippen molar-refractivity contribution < 1.29 is 19.1 Å². The molecule has 2 rings (SSSR count). The van der Waals surface area contributed by atoms with Crippen molar-refractivity contribution in [3.63, 3.8) is 0 Å². The number of aromatic nitrogens is 4. The molecule has 0 saturated carbocycles. The summed E-state index contributed by atoms with van der Waals surface area (Å²) in [5.41, 5.74) is 0. The minimum absolute atomic E-state index is 0.358. The van der Waals surface area contributed by atoms with Crippen molar-refractivity contribution in [2.24, 2.45) is 0 Å². The Morgan fingerprint density at radius 3 is 1.20 bits per heavy atom. The van der Waals surface area contributed by atoms with Crippen molar-refractivity contribution in [1.82, 2.24) is 19.1 Å².